The molecule has 3 N–H and O–H groups in total. The Kier molecular flexibility index (Phi) is 9.54. The van der Waals surface area contributed by atoms with Crippen LogP contribution in [0, 0.1) is 18.7 Å². The predicted molar refractivity (Wildman–Crippen MR) is 217 cm³/mol. The van der Waals surface area contributed by atoms with Gasteiger partial charge < -0.3 is 20.3 Å². The summed E-state index contributed by atoms with van der Waals surface area (Å²) >= 11 is 0. The number of carbonyl (C=O) groups excluding carboxylic acids is 2. The number of amides is 3. The lowest BCUT2D eigenvalue weighted by Crippen LogP contribution is -2.52. The monoisotopic (exact) mass is 787 g/mol. The molecule has 7 heterocycles. The number of carbonyl (C=O) groups is 2. The number of hydrogen-bond acceptors (Lipinski definition) is 11. The van der Waals surface area contributed by atoms with E-state index in [0.29, 0.717) is 41.3 Å². The van der Waals surface area contributed by atoms with Crippen molar-refractivity contribution in [3.63, 3.8) is 0 Å². The number of aryl methyl sites for hydroxylation is 3. The number of hydrogen-bond donors (Lipinski definition) is 2. The third kappa shape index (κ3) is 7.10. The number of nitrogen functional groups attached to an aromatic ring is 1. The number of imide groups is 1. The average Bonchev–Trinajstić information content (AvgIpc) is 3.90. The number of ether oxygens (including phenoxy) is 1. The molecule has 0 radical (unpaired) electrons. The maximum atomic E-state index is 14.4. The van der Waals surface area contributed by atoms with Gasteiger partial charge in [0.15, 0.2) is 17.4 Å². The van der Waals surface area contributed by atoms with Gasteiger partial charge in [-0.2, -0.15) is 25.2 Å². The van der Waals surface area contributed by atoms with E-state index in [9.17, 15) is 14.0 Å². The number of likely N-dealkylation sites (tertiary alicyclic amines) is 1. The largest absolute Gasteiger partial charge is 0.482 e. The Morgan fingerprint density at radius 1 is 1.00 bits per heavy atom. The molecule has 300 valence electrons. The highest BCUT2D eigenvalue weighted by Gasteiger charge is 2.32. The summed E-state index contributed by atoms with van der Waals surface area (Å²) in [5.41, 5.74) is 13.0. The topological polar surface area (TPSA) is 170 Å². The van der Waals surface area contributed by atoms with Crippen LogP contribution in [0.1, 0.15) is 49.5 Å². The van der Waals surface area contributed by atoms with E-state index in [1.807, 2.05) is 26.1 Å². The van der Waals surface area contributed by atoms with Crippen LogP contribution in [0.2, 0.25) is 0 Å². The SMILES string of the molecule is Cc1cn(C2CCN(CC3CN(c4ccc5c(N6CCC(=O)NC6=O)nn(C)c5c4)C3)CC2)nc1-c1cnc(N)c(O[C@H](C)c2cc(F)ccc2-c2cnn(C)n2)c1. The maximum Gasteiger partial charge on any atom is 0.329 e. The summed E-state index contributed by atoms with van der Waals surface area (Å²) in [6.45, 7) is 9.26. The summed E-state index contributed by atoms with van der Waals surface area (Å²) in [5, 5.41) is 21.5. The van der Waals surface area contributed by atoms with Crippen LogP contribution in [0.15, 0.2) is 61.1 Å². The van der Waals surface area contributed by atoms with Crippen molar-refractivity contribution in [2.24, 2.45) is 20.0 Å². The molecule has 3 saturated heterocycles. The van der Waals surface area contributed by atoms with E-state index in [1.54, 1.807) is 35.1 Å². The molecule has 3 fully saturated rings. The number of benzene rings is 2. The molecule has 1 atom stereocenters. The number of anilines is 3. The van der Waals surface area contributed by atoms with E-state index in [-0.39, 0.29) is 24.0 Å². The quantitative estimate of drug-likeness (QED) is 0.191. The second kappa shape index (κ2) is 14.9. The third-order valence-electron chi connectivity index (χ3n) is 11.6. The number of nitrogens with zero attached hydrogens (tertiary/aromatic N) is 11. The second-order valence-corrected chi connectivity index (χ2v) is 15.7. The fourth-order valence-corrected chi connectivity index (χ4v) is 8.48. The van der Waals surface area contributed by atoms with Crippen LogP contribution in [0.3, 0.4) is 0 Å². The smallest absolute Gasteiger partial charge is 0.329 e. The van der Waals surface area contributed by atoms with E-state index in [2.05, 4.69) is 65.3 Å². The van der Waals surface area contributed by atoms with Crippen LogP contribution in [0.25, 0.3) is 33.4 Å². The lowest BCUT2D eigenvalue weighted by Gasteiger charge is -2.44. The van der Waals surface area contributed by atoms with Gasteiger partial charge in [0.05, 0.1) is 23.4 Å². The maximum absolute atomic E-state index is 14.4. The molecule has 3 aliphatic heterocycles. The fourth-order valence-electron chi connectivity index (χ4n) is 8.48. The number of nitrogens with one attached hydrogen (secondary N) is 1. The lowest BCUT2D eigenvalue weighted by molar-refractivity contribution is -0.120. The number of fused-ring (bicyclic) bond motifs is 1. The number of rotatable bonds is 10. The van der Waals surface area contributed by atoms with Crippen molar-refractivity contribution in [2.45, 2.75) is 45.3 Å². The molecular weight excluding hydrogens is 742 g/mol. The molecule has 4 aromatic heterocycles. The summed E-state index contributed by atoms with van der Waals surface area (Å²) in [4.78, 5) is 36.6. The highest BCUT2D eigenvalue weighted by Crippen LogP contribution is 2.37. The summed E-state index contributed by atoms with van der Waals surface area (Å²) in [6, 6.07) is 12.5. The first kappa shape index (κ1) is 37.2. The van der Waals surface area contributed by atoms with Gasteiger partial charge in [-0.3, -0.25) is 24.4 Å². The molecule has 9 rings (SSSR count). The first-order valence-electron chi connectivity index (χ1n) is 19.7. The summed E-state index contributed by atoms with van der Waals surface area (Å²) in [6.07, 6.45) is 7.18. The van der Waals surface area contributed by atoms with Crippen LogP contribution >= 0.6 is 0 Å². The molecule has 0 bridgehead atoms. The number of urea groups is 1. The fraction of sp³-hybridized carbons (Fsp3) is 0.390. The van der Waals surface area contributed by atoms with E-state index in [1.165, 1.54) is 16.9 Å². The van der Waals surface area contributed by atoms with Crippen molar-refractivity contribution in [3.05, 3.63) is 78.0 Å². The average molecular weight is 788 g/mol. The van der Waals surface area contributed by atoms with Gasteiger partial charge in [-0.15, -0.1) is 0 Å². The van der Waals surface area contributed by atoms with Gasteiger partial charge in [-0.05, 0) is 74.7 Å². The van der Waals surface area contributed by atoms with Crippen LogP contribution in [0.4, 0.5) is 26.5 Å². The minimum Gasteiger partial charge on any atom is -0.482 e. The van der Waals surface area contributed by atoms with Gasteiger partial charge >= 0.3 is 6.03 Å². The first-order chi connectivity index (χ1) is 28.0. The summed E-state index contributed by atoms with van der Waals surface area (Å²) in [5.74, 6) is 1.15. The van der Waals surface area contributed by atoms with Crippen molar-refractivity contribution in [1.82, 2.24) is 49.8 Å². The first-order valence-corrected chi connectivity index (χ1v) is 19.7. The molecule has 6 aromatic rings. The number of piperidine rings is 1. The van der Waals surface area contributed by atoms with E-state index >= 15 is 0 Å². The molecule has 2 aromatic carbocycles. The van der Waals surface area contributed by atoms with E-state index in [4.69, 9.17) is 15.6 Å². The van der Waals surface area contributed by atoms with Crippen LogP contribution < -0.4 is 25.6 Å². The van der Waals surface area contributed by atoms with Gasteiger partial charge in [0.1, 0.15) is 17.6 Å². The minimum atomic E-state index is -0.560. The molecule has 0 unspecified atom stereocenters. The highest BCUT2D eigenvalue weighted by atomic mass is 19.1. The van der Waals surface area contributed by atoms with E-state index in [0.717, 1.165) is 84.5 Å². The molecule has 0 spiro atoms. The zero-order chi connectivity index (χ0) is 40.2. The van der Waals surface area contributed by atoms with Gasteiger partial charge in [0, 0.05) is 106 Å². The van der Waals surface area contributed by atoms with Crippen LogP contribution in [-0.2, 0) is 18.9 Å². The molecule has 3 aliphatic rings. The number of pyridine rings is 1. The van der Waals surface area contributed by atoms with Crippen LogP contribution in [0.5, 0.6) is 5.75 Å². The molecule has 0 saturated carbocycles. The normalized spacial score (nSPS) is 17.5. The summed E-state index contributed by atoms with van der Waals surface area (Å²) < 4.78 is 24.7. The Balaban J connectivity index is 0.802. The van der Waals surface area contributed by atoms with Crippen molar-refractivity contribution in [3.8, 4) is 28.3 Å². The van der Waals surface area contributed by atoms with Crippen molar-refractivity contribution in [1.29, 1.82) is 0 Å². The standard InChI is InChI=1S/C41H46FN13O3/c1-24-20-55(48-38(24)27-15-36(39(43)44-18-27)58-25(2)33-16-28(42)5-7-31(33)34-19-45-51(4)47-34)29-9-12-52(13-10-29)21-26-22-53(23-26)30-6-8-32-35(17-30)50(3)49-40(32)54-14-11-37(56)46-41(54)57/h5-8,15-20,25-26,29H,9-14,21-23H2,1-4H3,(H2,43,44)(H,46,56,57)/t25-/m1/s1. The van der Waals surface area contributed by atoms with E-state index < -0.39 is 12.1 Å². The Labute approximate surface area is 334 Å². The Hall–Kier alpha value is -6.36. The van der Waals surface area contributed by atoms with Crippen molar-refractivity contribution in [2.75, 3.05) is 54.8 Å². The number of nitrogens with two attached hydrogens (primary N) is 1. The zero-order valence-electron chi connectivity index (χ0n) is 33.0. The Bertz CT molecular complexity index is 2530. The van der Waals surface area contributed by atoms with Gasteiger partial charge in [-0.1, -0.05) is 0 Å². The van der Waals surface area contributed by atoms with Crippen LogP contribution in [-0.4, -0.2) is 95.6 Å². The van der Waals surface area contributed by atoms with Gasteiger partial charge in [0.25, 0.3) is 0 Å². The molecule has 17 heteroatoms. The van der Waals surface area contributed by atoms with Crippen molar-refractivity contribution < 1.29 is 18.7 Å². The van der Waals surface area contributed by atoms with Gasteiger partial charge in [-0.25, -0.2) is 14.2 Å². The highest BCUT2D eigenvalue weighted by molar-refractivity contribution is 6.09. The molecule has 58 heavy (non-hydrogen) atoms. The predicted octanol–water partition coefficient (Wildman–Crippen LogP) is 5.02. The number of halogens is 1. The molecular formula is C41H46FN13O3. The Morgan fingerprint density at radius 2 is 1.81 bits per heavy atom. The minimum absolute atomic E-state index is 0.237. The summed E-state index contributed by atoms with van der Waals surface area (Å²) in [7, 11) is 3.62. The van der Waals surface area contributed by atoms with Crippen molar-refractivity contribution >= 4 is 40.2 Å². The molecule has 0 aliphatic carbocycles. The number of aromatic nitrogens is 8. The molecule has 16 nitrogen and oxygen atoms in total. The molecule has 3 amide bonds. The second-order valence-electron chi connectivity index (χ2n) is 15.7. The Morgan fingerprint density at radius 3 is 2.57 bits per heavy atom. The van der Waals surface area contributed by atoms with Gasteiger partial charge in [0.2, 0.25) is 5.91 Å². The lowest BCUT2D eigenvalue weighted by atomic mass is 9.96. The third-order valence-corrected chi connectivity index (χ3v) is 11.6. The zero-order valence-corrected chi connectivity index (χ0v) is 33.0.